The Kier molecular flexibility index (Phi) is 10.3. The Morgan fingerprint density at radius 2 is 1.73 bits per heavy atom. The maximum Gasteiger partial charge on any atom is 0.109 e. The Balaban J connectivity index is 3.60. The monoisotopic (exact) mass is 220 g/mol. The van der Waals surface area contributed by atoms with E-state index in [4.69, 9.17) is 19.3 Å². The second-order valence-corrected chi connectivity index (χ2v) is 3.51. The maximum atomic E-state index is 9.01. The van der Waals surface area contributed by atoms with Crippen molar-refractivity contribution in [3.63, 3.8) is 0 Å². The van der Waals surface area contributed by atoms with Gasteiger partial charge in [-0.15, -0.1) is 0 Å². The molecule has 0 amide bonds. The van der Waals surface area contributed by atoms with Crippen molar-refractivity contribution in [2.24, 2.45) is 0 Å². The molecule has 0 aliphatic rings. The summed E-state index contributed by atoms with van der Waals surface area (Å²) in [6.07, 6.45) is 2.95. The second kappa shape index (κ2) is 10.4. The summed E-state index contributed by atoms with van der Waals surface area (Å²) < 4.78 is 15.7. The molecule has 0 heterocycles. The van der Waals surface area contributed by atoms with Crippen molar-refractivity contribution in [3.05, 3.63) is 0 Å². The van der Waals surface area contributed by atoms with E-state index in [1.807, 2.05) is 0 Å². The van der Waals surface area contributed by atoms with Gasteiger partial charge in [0.1, 0.15) is 12.2 Å². The third-order valence-corrected chi connectivity index (χ3v) is 2.37. The first-order chi connectivity index (χ1) is 7.29. The van der Waals surface area contributed by atoms with Crippen LogP contribution in [0.5, 0.6) is 0 Å². The van der Waals surface area contributed by atoms with E-state index >= 15 is 0 Å². The van der Waals surface area contributed by atoms with Gasteiger partial charge in [-0.05, 0) is 6.42 Å². The minimum absolute atomic E-state index is 0.0483. The van der Waals surface area contributed by atoms with Crippen LogP contribution in [0.4, 0.5) is 0 Å². The molecule has 4 heteroatoms. The molecule has 0 radical (unpaired) electrons. The highest BCUT2D eigenvalue weighted by Crippen LogP contribution is 2.04. The van der Waals surface area contributed by atoms with Crippen LogP contribution < -0.4 is 0 Å². The van der Waals surface area contributed by atoms with Crippen LogP contribution in [0.15, 0.2) is 0 Å². The summed E-state index contributed by atoms with van der Waals surface area (Å²) >= 11 is 0. The molecule has 2 atom stereocenters. The van der Waals surface area contributed by atoms with Gasteiger partial charge in [0.2, 0.25) is 0 Å². The van der Waals surface area contributed by atoms with Crippen molar-refractivity contribution in [3.8, 4) is 0 Å². The molecule has 0 aromatic carbocycles. The van der Waals surface area contributed by atoms with Crippen molar-refractivity contribution in [2.45, 2.75) is 38.4 Å². The number of aliphatic hydroxyl groups is 1. The van der Waals surface area contributed by atoms with Crippen LogP contribution in [-0.2, 0) is 14.2 Å². The lowest BCUT2D eigenvalue weighted by molar-refractivity contribution is -0.0919. The molecule has 0 bridgehead atoms. The highest BCUT2D eigenvalue weighted by atomic mass is 16.6. The van der Waals surface area contributed by atoms with Crippen LogP contribution in [0.1, 0.15) is 26.2 Å². The lowest BCUT2D eigenvalue weighted by Crippen LogP contribution is -2.36. The minimum atomic E-state index is -0.304. The first-order valence-corrected chi connectivity index (χ1v) is 5.54. The van der Waals surface area contributed by atoms with Crippen molar-refractivity contribution < 1.29 is 19.3 Å². The average molecular weight is 220 g/mol. The Bertz CT molecular complexity index is 126. The van der Waals surface area contributed by atoms with E-state index in [9.17, 15) is 0 Å². The van der Waals surface area contributed by atoms with Crippen LogP contribution in [0.25, 0.3) is 0 Å². The predicted molar refractivity (Wildman–Crippen MR) is 59.0 cm³/mol. The fourth-order valence-electron chi connectivity index (χ4n) is 1.32. The summed E-state index contributed by atoms with van der Waals surface area (Å²) in [5, 5.41) is 9.01. The van der Waals surface area contributed by atoms with Gasteiger partial charge in [-0.25, -0.2) is 0 Å². The molecule has 0 spiro atoms. The number of hydrogen-bond donors (Lipinski definition) is 1. The van der Waals surface area contributed by atoms with Gasteiger partial charge in [-0.1, -0.05) is 19.8 Å². The van der Waals surface area contributed by atoms with Gasteiger partial charge in [0.05, 0.1) is 13.2 Å². The fourth-order valence-corrected chi connectivity index (χ4v) is 1.32. The van der Waals surface area contributed by atoms with Crippen molar-refractivity contribution in [2.75, 3.05) is 34.0 Å². The number of unbranched alkanes of at least 4 members (excludes halogenated alkanes) is 2. The number of aliphatic hydroxyl groups excluding tert-OH is 1. The normalized spacial score (nSPS) is 15.2. The summed E-state index contributed by atoms with van der Waals surface area (Å²) in [7, 11) is 3.16. The van der Waals surface area contributed by atoms with Gasteiger partial charge in [0.25, 0.3) is 0 Å². The molecule has 0 aromatic rings. The molecule has 92 valence electrons. The van der Waals surface area contributed by atoms with E-state index in [1.54, 1.807) is 14.2 Å². The van der Waals surface area contributed by atoms with Crippen molar-refractivity contribution in [1.82, 2.24) is 0 Å². The maximum absolute atomic E-state index is 9.01. The first-order valence-electron chi connectivity index (χ1n) is 5.54. The summed E-state index contributed by atoms with van der Waals surface area (Å²) in [4.78, 5) is 0. The van der Waals surface area contributed by atoms with Gasteiger partial charge in [-0.2, -0.15) is 0 Å². The molecule has 0 rings (SSSR count). The zero-order valence-corrected chi connectivity index (χ0v) is 10.1. The molecule has 0 saturated heterocycles. The van der Waals surface area contributed by atoms with Crippen LogP contribution >= 0.6 is 0 Å². The SMILES string of the molecule is CCCCCOCC(OC)C(CO)OC. The van der Waals surface area contributed by atoms with E-state index < -0.39 is 0 Å². The van der Waals surface area contributed by atoms with E-state index in [0.29, 0.717) is 6.61 Å². The molecule has 1 N–H and O–H groups in total. The molecule has 0 aromatic heterocycles. The fraction of sp³-hybridized carbons (Fsp3) is 1.00. The molecule has 0 aliphatic carbocycles. The van der Waals surface area contributed by atoms with Crippen molar-refractivity contribution >= 4 is 0 Å². The predicted octanol–water partition coefficient (Wildman–Crippen LogP) is 1.22. The van der Waals surface area contributed by atoms with Crippen LogP contribution in [0.2, 0.25) is 0 Å². The molecule has 4 nitrogen and oxygen atoms in total. The third kappa shape index (κ3) is 6.84. The van der Waals surface area contributed by atoms with Crippen LogP contribution in [-0.4, -0.2) is 51.4 Å². The van der Waals surface area contributed by atoms with Gasteiger partial charge in [0, 0.05) is 20.8 Å². The van der Waals surface area contributed by atoms with E-state index in [1.165, 1.54) is 12.8 Å². The molecule has 0 saturated carbocycles. The Morgan fingerprint density at radius 3 is 2.20 bits per heavy atom. The highest BCUT2D eigenvalue weighted by Gasteiger charge is 2.19. The minimum Gasteiger partial charge on any atom is -0.394 e. The van der Waals surface area contributed by atoms with Crippen LogP contribution in [0.3, 0.4) is 0 Å². The largest absolute Gasteiger partial charge is 0.394 e. The molecular formula is C11H24O4. The molecule has 0 fully saturated rings. The molecule has 0 aliphatic heterocycles. The Morgan fingerprint density at radius 1 is 1.07 bits per heavy atom. The zero-order valence-electron chi connectivity index (χ0n) is 10.1. The van der Waals surface area contributed by atoms with Gasteiger partial charge in [-0.3, -0.25) is 0 Å². The Hall–Kier alpha value is -0.160. The zero-order chi connectivity index (χ0) is 11.5. The molecule has 2 unspecified atom stereocenters. The van der Waals surface area contributed by atoms with E-state index in [0.717, 1.165) is 13.0 Å². The summed E-state index contributed by atoms with van der Waals surface area (Å²) in [5.41, 5.74) is 0. The molecule has 15 heavy (non-hydrogen) atoms. The van der Waals surface area contributed by atoms with Crippen molar-refractivity contribution in [1.29, 1.82) is 0 Å². The van der Waals surface area contributed by atoms with E-state index in [2.05, 4.69) is 6.92 Å². The number of ether oxygens (including phenoxy) is 3. The first kappa shape index (κ1) is 14.8. The summed E-state index contributed by atoms with van der Waals surface area (Å²) in [6, 6.07) is 0. The smallest absolute Gasteiger partial charge is 0.109 e. The van der Waals surface area contributed by atoms with Gasteiger partial charge in [0.15, 0.2) is 0 Å². The van der Waals surface area contributed by atoms with Gasteiger partial charge >= 0.3 is 0 Å². The number of rotatable bonds is 10. The quantitative estimate of drug-likeness (QED) is 0.562. The van der Waals surface area contributed by atoms with Crippen LogP contribution in [0, 0.1) is 0 Å². The standard InChI is InChI=1S/C11H24O4/c1-4-5-6-7-15-9-11(14-3)10(8-12)13-2/h10-12H,4-9H2,1-3H3. The number of hydrogen-bond acceptors (Lipinski definition) is 4. The topological polar surface area (TPSA) is 47.9 Å². The summed E-state index contributed by atoms with van der Waals surface area (Å²) in [5.74, 6) is 0. The summed E-state index contributed by atoms with van der Waals surface area (Å²) in [6.45, 7) is 3.33. The average Bonchev–Trinajstić information content (AvgIpc) is 2.27. The number of methoxy groups -OCH3 is 2. The molecular weight excluding hydrogens is 196 g/mol. The van der Waals surface area contributed by atoms with Gasteiger partial charge < -0.3 is 19.3 Å². The third-order valence-electron chi connectivity index (χ3n) is 2.37. The highest BCUT2D eigenvalue weighted by molar-refractivity contribution is 4.68. The lowest BCUT2D eigenvalue weighted by atomic mass is 10.2. The lowest BCUT2D eigenvalue weighted by Gasteiger charge is -2.22. The Labute approximate surface area is 92.5 Å². The van der Waals surface area contributed by atoms with E-state index in [-0.39, 0.29) is 18.8 Å². The second-order valence-electron chi connectivity index (χ2n) is 3.51.